The van der Waals surface area contributed by atoms with Gasteiger partial charge >= 0.3 is 0 Å². The fraction of sp³-hybridized carbons (Fsp3) is 0.643. The summed E-state index contributed by atoms with van der Waals surface area (Å²) in [4.78, 5) is 4.20. The molecule has 0 spiro atoms. The zero-order chi connectivity index (χ0) is 11.9. The van der Waals surface area contributed by atoms with Crippen molar-refractivity contribution in [1.82, 2.24) is 4.98 Å². The molecule has 0 saturated heterocycles. The summed E-state index contributed by atoms with van der Waals surface area (Å²) in [5.41, 5.74) is 2.18. The van der Waals surface area contributed by atoms with Gasteiger partial charge in [0.2, 0.25) is 0 Å². The Kier molecular flexibility index (Phi) is 4.65. The van der Waals surface area contributed by atoms with Crippen LogP contribution >= 0.6 is 0 Å². The quantitative estimate of drug-likeness (QED) is 0.817. The summed E-state index contributed by atoms with van der Waals surface area (Å²) in [7, 11) is 1.92. The highest BCUT2D eigenvalue weighted by atomic mass is 14.9. The first-order valence-electron chi connectivity index (χ1n) is 6.75. The average Bonchev–Trinajstić information content (AvgIpc) is 2.40. The molecule has 1 fully saturated rings. The van der Waals surface area contributed by atoms with E-state index in [1.807, 2.05) is 19.4 Å². The molecule has 3 nitrogen and oxygen atoms in total. The second-order valence-electron chi connectivity index (χ2n) is 4.93. The Balaban J connectivity index is 1.73. The summed E-state index contributed by atoms with van der Waals surface area (Å²) in [5, 5.41) is 6.57. The predicted molar refractivity (Wildman–Crippen MR) is 73.5 cm³/mol. The van der Waals surface area contributed by atoms with Gasteiger partial charge in [-0.1, -0.05) is 32.1 Å². The monoisotopic (exact) mass is 233 g/mol. The summed E-state index contributed by atoms with van der Waals surface area (Å²) < 4.78 is 0. The maximum Gasteiger partial charge on any atom is 0.0547 e. The first-order valence-corrected chi connectivity index (χ1v) is 6.75. The normalized spacial score (nSPS) is 16.8. The van der Waals surface area contributed by atoms with Gasteiger partial charge in [0, 0.05) is 13.6 Å². The molecule has 1 aromatic rings. The van der Waals surface area contributed by atoms with Crippen LogP contribution in [0.5, 0.6) is 0 Å². The molecule has 17 heavy (non-hydrogen) atoms. The highest BCUT2D eigenvalue weighted by molar-refractivity contribution is 5.53. The Morgan fingerprint density at radius 3 is 2.71 bits per heavy atom. The summed E-state index contributed by atoms with van der Waals surface area (Å²) in [6.07, 6.45) is 12.2. The lowest BCUT2D eigenvalue weighted by Crippen LogP contribution is -2.12. The summed E-state index contributed by atoms with van der Waals surface area (Å²) >= 11 is 0. The molecule has 2 N–H and O–H groups in total. The van der Waals surface area contributed by atoms with Crippen LogP contribution in [0.1, 0.15) is 38.5 Å². The van der Waals surface area contributed by atoms with E-state index in [-0.39, 0.29) is 0 Å². The molecule has 3 heteroatoms. The number of hydrogen-bond acceptors (Lipinski definition) is 3. The SMILES string of the molecule is CNc1cncc(NCCC2CCCCC2)c1. The molecule has 0 amide bonds. The minimum atomic E-state index is 0.941. The number of nitrogens with one attached hydrogen (secondary N) is 2. The maximum atomic E-state index is 4.20. The van der Waals surface area contributed by atoms with E-state index in [0.717, 1.165) is 23.8 Å². The largest absolute Gasteiger partial charge is 0.387 e. The molecule has 94 valence electrons. The Morgan fingerprint density at radius 1 is 1.18 bits per heavy atom. The third-order valence-corrected chi connectivity index (χ3v) is 3.63. The van der Waals surface area contributed by atoms with Crippen LogP contribution in [0.25, 0.3) is 0 Å². The van der Waals surface area contributed by atoms with E-state index >= 15 is 0 Å². The number of rotatable bonds is 5. The van der Waals surface area contributed by atoms with Crippen molar-refractivity contribution >= 4 is 11.4 Å². The van der Waals surface area contributed by atoms with Gasteiger partial charge in [0.1, 0.15) is 0 Å². The van der Waals surface area contributed by atoms with Gasteiger partial charge in [-0.3, -0.25) is 4.98 Å². The number of aromatic nitrogens is 1. The lowest BCUT2D eigenvalue weighted by atomic mass is 9.87. The van der Waals surface area contributed by atoms with Crippen molar-refractivity contribution in [3.05, 3.63) is 18.5 Å². The van der Waals surface area contributed by atoms with Crippen LogP contribution in [-0.2, 0) is 0 Å². The van der Waals surface area contributed by atoms with Crippen molar-refractivity contribution < 1.29 is 0 Å². The molecule has 0 aliphatic heterocycles. The number of pyridine rings is 1. The van der Waals surface area contributed by atoms with E-state index in [4.69, 9.17) is 0 Å². The van der Waals surface area contributed by atoms with Crippen LogP contribution < -0.4 is 10.6 Å². The Labute approximate surface area is 104 Å². The first-order chi connectivity index (χ1) is 8.38. The molecule has 0 radical (unpaired) electrons. The fourth-order valence-electron chi connectivity index (χ4n) is 2.57. The third kappa shape index (κ3) is 3.91. The molecule has 0 unspecified atom stereocenters. The molecule has 1 heterocycles. The van der Waals surface area contributed by atoms with E-state index in [9.17, 15) is 0 Å². The molecule has 1 aliphatic rings. The number of nitrogens with zero attached hydrogens (tertiary/aromatic N) is 1. The van der Waals surface area contributed by atoms with Gasteiger partial charge in [-0.05, 0) is 18.4 Å². The molecule has 1 saturated carbocycles. The second-order valence-corrected chi connectivity index (χ2v) is 4.93. The highest BCUT2D eigenvalue weighted by Crippen LogP contribution is 2.26. The summed E-state index contributed by atoms with van der Waals surface area (Å²) in [6, 6.07) is 2.11. The van der Waals surface area contributed by atoms with Crippen LogP contribution in [-0.4, -0.2) is 18.6 Å². The maximum absolute atomic E-state index is 4.20. The van der Waals surface area contributed by atoms with Crippen molar-refractivity contribution in [2.24, 2.45) is 5.92 Å². The molecular weight excluding hydrogens is 210 g/mol. The van der Waals surface area contributed by atoms with Gasteiger partial charge in [0.25, 0.3) is 0 Å². The van der Waals surface area contributed by atoms with E-state index in [1.165, 1.54) is 38.5 Å². The zero-order valence-electron chi connectivity index (χ0n) is 10.7. The standard InChI is InChI=1S/C14H23N3/c1-15-13-9-14(11-16-10-13)17-8-7-12-5-3-2-4-6-12/h9-12,15,17H,2-8H2,1H3. The van der Waals surface area contributed by atoms with Gasteiger partial charge in [-0.15, -0.1) is 0 Å². The Morgan fingerprint density at radius 2 is 1.94 bits per heavy atom. The van der Waals surface area contributed by atoms with Gasteiger partial charge in [0.05, 0.1) is 23.8 Å². The van der Waals surface area contributed by atoms with E-state index in [0.29, 0.717) is 0 Å². The van der Waals surface area contributed by atoms with Gasteiger partial charge < -0.3 is 10.6 Å². The minimum absolute atomic E-state index is 0.941. The van der Waals surface area contributed by atoms with Crippen molar-refractivity contribution in [3.8, 4) is 0 Å². The van der Waals surface area contributed by atoms with E-state index in [2.05, 4.69) is 21.7 Å². The van der Waals surface area contributed by atoms with E-state index < -0.39 is 0 Å². The van der Waals surface area contributed by atoms with Crippen LogP contribution in [0.4, 0.5) is 11.4 Å². The van der Waals surface area contributed by atoms with Crippen molar-refractivity contribution in [3.63, 3.8) is 0 Å². The molecule has 1 aromatic heterocycles. The zero-order valence-corrected chi connectivity index (χ0v) is 10.7. The molecule has 1 aliphatic carbocycles. The third-order valence-electron chi connectivity index (χ3n) is 3.63. The Hall–Kier alpha value is -1.25. The smallest absolute Gasteiger partial charge is 0.0547 e. The average molecular weight is 233 g/mol. The summed E-state index contributed by atoms with van der Waals surface area (Å²) in [6.45, 7) is 1.07. The van der Waals surface area contributed by atoms with Crippen molar-refractivity contribution in [2.75, 3.05) is 24.2 Å². The fourth-order valence-corrected chi connectivity index (χ4v) is 2.57. The second kappa shape index (κ2) is 6.48. The van der Waals surface area contributed by atoms with Crippen molar-refractivity contribution in [2.45, 2.75) is 38.5 Å². The van der Waals surface area contributed by atoms with Gasteiger partial charge in [0.15, 0.2) is 0 Å². The Bertz CT molecular complexity index is 332. The van der Waals surface area contributed by atoms with Crippen LogP contribution in [0.15, 0.2) is 18.5 Å². The van der Waals surface area contributed by atoms with Crippen LogP contribution in [0, 0.1) is 5.92 Å². The lowest BCUT2D eigenvalue weighted by Gasteiger charge is -2.21. The summed E-state index contributed by atoms with van der Waals surface area (Å²) in [5.74, 6) is 0.941. The van der Waals surface area contributed by atoms with Crippen molar-refractivity contribution in [1.29, 1.82) is 0 Å². The number of anilines is 2. The molecule has 2 rings (SSSR count). The minimum Gasteiger partial charge on any atom is -0.387 e. The molecule has 0 bridgehead atoms. The van der Waals surface area contributed by atoms with Gasteiger partial charge in [-0.2, -0.15) is 0 Å². The molecule has 0 atom stereocenters. The molecule has 0 aromatic carbocycles. The lowest BCUT2D eigenvalue weighted by molar-refractivity contribution is 0.345. The van der Waals surface area contributed by atoms with Crippen LogP contribution in [0.3, 0.4) is 0 Å². The van der Waals surface area contributed by atoms with Gasteiger partial charge in [-0.25, -0.2) is 0 Å². The van der Waals surface area contributed by atoms with E-state index in [1.54, 1.807) is 0 Å². The molecular formula is C14H23N3. The topological polar surface area (TPSA) is 37.0 Å². The highest BCUT2D eigenvalue weighted by Gasteiger charge is 2.12. The predicted octanol–water partition coefficient (Wildman–Crippen LogP) is 3.51. The van der Waals surface area contributed by atoms with Crippen LogP contribution in [0.2, 0.25) is 0 Å². The first kappa shape index (κ1) is 12.2. The number of hydrogen-bond donors (Lipinski definition) is 2.